The molecule has 0 aliphatic carbocycles. The van der Waals surface area contributed by atoms with E-state index in [0.29, 0.717) is 27.3 Å². The lowest BCUT2D eigenvalue weighted by Gasteiger charge is -2.25. The molecule has 0 saturated heterocycles. The van der Waals surface area contributed by atoms with Gasteiger partial charge in [0.15, 0.2) is 28.1 Å². The summed E-state index contributed by atoms with van der Waals surface area (Å²) in [6.45, 7) is 0. The molecule has 1 atom stereocenters. The van der Waals surface area contributed by atoms with Crippen LogP contribution in [0.2, 0.25) is 0 Å². The molecule has 0 spiro atoms. The number of aliphatic hydroxyl groups excluding tert-OH is 1. The fraction of sp³-hybridized carbons (Fsp3) is 0.125. The van der Waals surface area contributed by atoms with Crippen molar-refractivity contribution in [3.05, 3.63) is 83.3 Å². The van der Waals surface area contributed by atoms with Gasteiger partial charge in [0.2, 0.25) is 5.78 Å². The molecule has 0 fully saturated rings. The van der Waals surface area contributed by atoms with Gasteiger partial charge in [-0.05, 0) is 48.0 Å². The molecule has 2 aromatic carbocycles. The average molecular weight is 480 g/mol. The van der Waals surface area contributed by atoms with E-state index in [1.807, 2.05) is 0 Å². The van der Waals surface area contributed by atoms with Crippen LogP contribution in [0.1, 0.15) is 22.2 Å². The SMILES string of the molecule is COc1ccc([C@H]2C(C(=O)c3ccco3)=C(O)C(=O)N2c2nc3ccc(F)cc3s2)cc1OC. The summed E-state index contributed by atoms with van der Waals surface area (Å²) in [5.41, 5.74) is 0.776. The van der Waals surface area contributed by atoms with E-state index in [1.54, 1.807) is 18.2 Å². The number of carbonyl (C=O) groups is 2. The van der Waals surface area contributed by atoms with Crippen molar-refractivity contribution < 1.29 is 33.0 Å². The number of hydrogen-bond acceptors (Lipinski definition) is 8. The van der Waals surface area contributed by atoms with E-state index in [0.717, 1.165) is 11.3 Å². The number of halogens is 1. The first-order chi connectivity index (χ1) is 16.4. The zero-order chi connectivity index (χ0) is 24.0. The number of fused-ring (bicyclic) bond motifs is 1. The van der Waals surface area contributed by atoms with Gasteiger partial charge in [0.25, 0.3) is 5.91 Å². The number of aromatic nitrogens is 1. The van der Waals surface area contributed by atoms with Crippen molar-refractivity contribution in [1.29, 1.82) is 0 Å². The van der Waals surface area contributed by atoms with Gasteiger partial charge in [-0.25, -0.2) is 9.37 Å². The highest BCUT2D eigenvalue weighted by Crippen LogP contribution is 2.45. The molecule has 4 aromatic rings. The lowest BCUT2D eigenvalue weighted by Crippen LogP contribution is -2.31. The monoisotopic (exact) mass is 480 g/mol. The van der Waals surface area contributed by atoms with E-state index in [9.17, 15) is 19.1 Å². The van der Waals surface area contributed by atoms with E-state index in [4.69, 9.17) is 13.9 Å². The molecular weight excluding hydrogens is 463 g/mol. The summed E-state index contributed by atoms with van der Waals surface area (Å²) in [7, 11) is 2.95. The number of hydrogen-bond donors (Lipinski definition) is 1. The summed E-state index contributed by atoms with van der Waals surface area (Å²) in [6, 6.07) is 10.9. The Labute approximate surface area is 196 Å². The van der Waals surface area contributed by atoms with Gasteiger partial charge in [-0.1, -0.05) is 17.4 Å². The van der Waals surface area contributed by atoms with Crippen LogP contribution in [0.4, 0.5) is 9.52 Å². The maximum absolute atomic E-state index is 13.8. The molecule has 10 heteroatoms. The van der Waals surface area contributed by atoms with Crippen LogP contribution in [0, 0.1) is 5.82 Å². The number of anilines is 1. The predicted molar refractivity (Wildman–Crippen MR) is 122 cm³/mol. The van der Waals surface area contributed by atoms with Gasteiger partial charge in [0, 0.05) is 0 Å². The minimum atomic E-state index is -1.05. The highest BCUT2D eigenvalue weighted by Gasteiger charge is 2.46. The minimum Gasteiger partial charge on any atom is -0.503 e. The Kier molecular flexibility index (Phi) is 5.29. The lowest BCUT2D eigenvalue weighted by atomic mass is 9.95. The third kappa shape index (κ3) is 3.39. The average Bonchev–Trinajstić information content (AvgIpc) is 3.57. The van der Waals surface area contributed by atoms with Crippen LogP contribution in [0.3, 0.4) is 0 Å². The first-order valence-corrected chi connectivity index (χ1v) is 10.9. The fourth-order valence-electron chi connectivity index (χ4n) is 3.90. The topological polar surface area (TPSA) is 102 Å². The number of nitrogens with zero attached hydrogens (tertiary/aromatic N) is 2. The summed E-state index contributed by atoms with van der Waals surface area (Å²) >= 11 is 1.07. The first-order valence-electron chi connectivity index (χ1n) is 10.1. The molecule has 0 bridgehead atoms. The highest BCUT2D eigenvalue weighted by molar-refractivity contribution is 7.22. The van der Waals surface area contributed by atoms with Crippen molar-refractivity contribution >= 4 is 38.4 Å². The standard InChI is InChI=1S/C24H17FN2O6S/c1-31-15-8-5-12(10-17(15)32-2)20-19(21(28)16-4-3-9-33-16)22(29)23(30)27(20)24-26-14-7-6-13(25)11-18(14)34-24/h3-11,20,29H,1-2H3/t20-/m0/s1. The normalized spacial score (nSPS) is 15.9. The third-order valence-electron chi connectivity index (χ3n) is 5.47. The number of rotatable bonds is 6. The van der Waals surface area contributed by atoms with E-state index in [-0.39, 0.29) is 16.5 Å². The second kappa shape index (κ2) is 8.31. The Morgan fingerprint density at radius 3 is 2.65 bits per heavy atom. The van der Waals surface area contributed by atoms with Gasteiger partial charge in [-0.2, -0.15) is 0 Å². The number of thiazole rings is 1. The number of carbonyl (C=O) groups excluding carboxylic acids is 2. The maximum atomic E-state index is 13.8. The molecule has 34 heavy (non-hydrogen) atoms. The van der Waals surface area contributed by atoms with Gasteiger partial charge in [-0.15, -0.1) is 0 Å². The minimum absolute atomic E-state index is 0.0342. The van der Waals surface area contributed by atoms with Crippen LogP contribution in [0.25, 0.3) is 10.2 Å². The second-order valence-electron chi connectivity index (χ2n) is 7.37. The van der Waals surface area contributed by atoms with Crippen molar-refractivity contribution in [2.45, 2.75) is 6.04 Å². The summed E-state index contributed by atoms with van der Waals surface area (Å²) in [5.74, 6) is -1.83. The van der Waals surface area contributed by atoms with E-state index >= 15 is 0 Å². The smallest absolute Gasteiger partial charge is 0.296 e. The molecule has 1 N–H and O–H groups in total. The zero-order valence-corrected chi connectivity index (χ0v) is 18.8. The Balaban J connectivity index is 1.70. The van der Waals surface area contributed by atoms with E-state index in [1.165, 1.54) is 55.7 Å². The van der Waals surface area contributed by atoms with Crippen LogP contribution in [-0.2, 0) is 4.79 Å². The number of amides is 1. The van der Waals surface area contributed by atoms with Crippen LogP contribution < -0.4 is 14.4 Å². The molecule has 0 radical (unpaired) electrons. The molecular formula is C24H17FN2O6S. The van der Waals surface area contributed by atoms with Crippen LogP contribution >= 0.6 is 11.3 Å². The summed E-state index contributed by atoms with van der Waals surface area (Å²) < 4.78 is 30.2. The molecule has 0 unspecified atom stereocenters. The summed E-state index contributed by atoms with van der Waals surface area (Å²) in [6.07, 6.45) is 1.33. The largest absolute Gasteiger partial charge is 0.503 e. The third-order valence-corrected chi connectivity index (χ3v) is 6.48. The predicted octanol–water partition coefficient (Wildman–Crippen LogP) is 4.83. The number of ketones is 1. The van der Waals surface area contributed by atoms with E-state index in [2.05, 4.69) is 4.98 Å². The quantitative estimate of drug-likeness (QED) is 0.395. The number of methoxy groups -OCH3 is 2. The Morgan fingerprint density at radius 2 is 1.94 bits per heavy atom. The van der Waals surface area contributed by atoms with Gasteiger partial charge >= 0.3 is 0 Å². The molecule has 8 nitrogen and oxygen atoms in total. The lowest BCUT2D eigenvalue weighted by molar-refractivity contribution is -0.117. The van der Waals surface area contributed by atoms with Crippen LogP contribution in [0.15, 0.2) is 70.5 Å². The fourth-order valence-corrected chi connectivity index (χ4v) is 4.92. The van der Waals surface area contributed by atoms with Crippen molar-refractivity contribution in [2.75, 3.05) is 19.1 Å². The van der Waals surface area contributed by atoms with Crippen LogP contribution in [0.5, 0.6) is 11.5 Å². The van der Waals surface area contributed by atoms with Gasteiger partial charge in [0.05, 0.1) is 42.3 Å². The van der Waals surface area contributed by atoms with Crippen molar-refractivity contribution in [2.24, 2.45) is 0 Å². The number of aliphatic hydroxyl groups is 1. The Hall–Kier alpha value is -4.18. The maximum Gasteiger partial charge on any atom is 0.296 e. The molecule has 3 heterocycles. The molecule has 1 amide bonds. The van der Waals surface area contributed by atoms with Gasteiger partial charge in [0.1, 0.15) is 5.82 Å². The first kappa shape index (κ1) is 21.7. The summed E-state index contributed by atoms with van der Waals surface area (Å²) in [4.78, 5) is 32.2. The van der Waals surface area contributed by atoms with E-state index < -0.39 is 29.3 Å². The highest BCUT2D eigenvalue weighted by atomic mass is 32.1. The number of ether oxygens (including phenoxy) is 2. The number of Topliss-reactive ketones (excluding diaryl/α,β-unsaturated/α-hetero) is 1. The zero-order valence-electron chi connectivity index (χ0n) is 17.9. The molecule has 1 aliphatic heterocycles. The molecule has 0 saturated carbocycles. The summed E-state index contributed by atoms with van der Waals surface area (Å²) in [5, 5.41) is 11.0. The second-order valence-corrected chi connectivity index (χ2v) is 8.38. The van der Waals surface area contributed by atoms with Gasteiger partial charge in [-0.3, -0.25) is 14.5 Å². The molecule has 2 aromatic heterocycles. The van der Waals surface area contributed by atoms with Crippen LogP contribution in [-0.4, -0.2) is 36.0 Å². The Bertz CT molecular complexity index is 1460. The molecule has 172 valence electrons. The van der Waals surface area contributed by atoms with Gasteiger partial charge < -0.3 is 19.0 Å². The Morgan fingerprint density at radius 1 is 1.15 bits per heavy atom. The molecule has 5 rings (SSSR count). The molecule has 1 aliphatic rings. The van der Waals surface area contributed by atoms with Crippen molar-refractivity contribution in [3.63, 3.8) is 0 Å². The number of furan rings is 1. The van der Waals surface area contributed by atoms with Crippen molar-refractivity contribution in [3.8, 4) is 11.5 Å². The van der Waals surface area contributed by atoms with Crippen molar-refractivity contribution in [1.82, 2.24) is 4.98 Å². The number of benzene rings is 2.